The second kappa shape index (κ2) is 7.08. The molecule has 1 heterocycles. The van der Waals surface area contributed by atoms with Crippen LogP contribution in [-0.2, 0) is 14.6 Å². The van der Waals surface area contributed by atoms with Crippen LogP contribution < -0.4 is 5.32 Å². The largest absolute Gasteiger partial charge is 0.358 e. The van der Waals surface area contributed by atoms with Gasteiger partial charge in [0.2, 0.25) is 5.91 Å². The minimum absolute atomic E-state index is 0.247. The second-order valence-corrected chi connectivity index (χ2v) is 7.76. The average Bonchev–Trinajstić information content (AvgIpc) is 2.53. The number of sulfone groups is 1. The van der Waals surface area contributed by atoms with Gasteiger partial charge in [-0.2, -0.15) is 0 Å². The van der Waals surface area contributed by atoms with Gasteiger partial charge >= 0.3 is 0 Å². The fourth-order valence-corrected chi connectivity index (χ4v) is 4.27. The highest BCUT2D eigenvalue weighted by atomic mass is 32.2. The highest BCUT2D eigenvalue weighted by molar-refractivity contribution is 7.92. The molecule has 1 N–H and O–H groups in total. The first-order chi connectivity index (χ1) is 10.8. The number of carbonyl (C=O) groups excluding carboxylic acids is 2. The Labute approximate surface area is 134 Å². The Morgan fingerprint density at radius 3 is 2.52 bits per heavy atom. The number of hydrogen-bond acceptors (Lipinski definition) is 4. The van der Waals surface area contributed by atoms with Crippen LogP contribution in [0.15, 0.2) is 24.3 Å². The zero-order valence-corrected chi connectivity index (χ0v) is 13.6. The van der Waals surface area contributed by atoms with Gasteiger partial charge < -0.3 is 10.2 Å². The van der Waals surface area contributed by atoms with Crippen LogP contribution in [0.2, 0.25) is 0 Å². The van der Waals surface area contributed by atoms with E-state index in [1.54, 1.807) is 0 Å². The van der Waals surface area contributed by atoms with E-state index in [0.29, 0.717) is 0 Å². The lowest BCUT2D eigenvalue weighted by molar-refractivity contribution is -0.118. The summed E-state index contributed by atoms with van der Waals surface area (Å²) in [5.41, 5.74) is 0.247. The van der Waals surface area contributed by atoms with Crippen molar-refractivity contribution in [2.45, 2.75) is 18.1 Å². The molecule has 1 aliphatic heterocycles. The first-order valence-electron chi connectivity index (χ1n) is 7.30. The van der Waals surface area contributed by atoms with Crippen molar-refractivity contribution < 1.29 is 22.4 Å². The molecule has 0 unspecified atom stereocenters. The van der Waals surface area contributed by atoms with Gasteiger partial charge in [-0.15, -0.1) is 0 Å². The minimum atomic E-state index is -3.53. The molecule has 0 radical (unpaired) electrons. The number of carbonyl (C=O) groups is 2. The summed E-state index contributed by atoms with van der Waals surface area (Å²) in [5, 5.41) is 1.67. The third kappa shape index (κ3) is 4.28. The molecule has 2 amide bonds. The number of amides is 2. The van der Waals surface area contributed by atoms with Crippen LogP contribution >= 0.6 is 0 Å². The summed E-state index contributed by atoms with van der Waals surface area (Å²) in [6, 6.07) is 5.41. The maximum atomic E-state index is 13.2. The SMILES string of the molecule is CNC(=O)CS(=O)(=O)C1CCN(C(=O)c2cccc(F)c2)CC1. The molecule has 23 heavy (non-hydrogen) atoms. The fraction of sp³-hybridized carbons (Fsp3) is 0.467. The van der Waals surface area contributed by atoms with Gasteiger partial charge in [0.25, 0.3) is 5.91 Å². The van der Waals surface area contributed by atoms with E-state index in [0.717, 1.165) is 6.07 Å². The summed E-state index contributed by atoms with van der Waals surface area (Å²) in [6.07, 6.45) is 0.556. The molecule has 0 spiro atoms. The van der Waals surface area contributed by atoms with E-state index in [4.69, 9.17) is 0 Å². The van der Waals surface area contributed by atoms with Crippen LogP contribution in [0.3, 0.4) is 0 Å². The van der Waals surface area contributed by atoms with Crippen molar-refractivity contribution in [1.29, 1.82) is 0 Å². The first-order valence-corrected chi connectivity index (χ1v) is 9.02. The predicted octanol–water partition coefficient (Wildman–Crippen LogP) is 0.591. The lowest BCUT2D eigenvalue weighted by Crippen LogP contribution is -2.44. The molecule has 0 saturated carbocycles. The molecule has 1 aromatic rings. The number of rotatable bonds is 4. The van der Waals surface area contributed by atoms with Gasteiger partial charge in [0.1, 0.15) is 11.6 Å². The summed E-state index contributed by atoms with van der Waals surface area (Å²) in [4.78, 5) is 25.1. The van der Waals surface area contributed by atoms with E-state index < -0.39 is 32.6 Å². The summed E-state index contributed by atoms with van der Waals surface area (Å²) >= 11 is 0. The number of nitrogens with zero attached hydrogens (tertiary/aromatic N) is 1. The topological polar surface area (TPSA) is 83.6 Å². The van der Waals surface area contributed by atoms with Gasteiger partial charge in [0.05, 0.1) is 5.25 Å². The van der Waals surface area contributed by atoms with Crippen LogP contribution in [0.5, 0.6) is 0 Å². The van der Waals surface area contributed by atoms with Crippen molar-refractivity contribution in [2.24, 2.45) is 0 Å². The minimum Gasteiger partial charge on any atom is -0.358 e. The van der Waals surface area contributed by atoms with Gasteiger partial charge in [0.15, 0.2) is 9.84 Å². The van der Waals surface area contributed by atoms with Crippen LogP contribution in [0.4, 0.5) is 4.39 Å². The number of likely N-dealkylation sites (tertiary alicyclic amines) is 1. The Bertz CT molecular complexity index is 697. The predicted molar refractivity (Wildman–Crippen MR) is 83.2 cm³/mol. The van der Waals surface area contributed by atoms with Crippen molar-refractivity contribution in [3.05, 3.63) is 35.6 Å². The Kier molecular flexibility index (Phi) is 5.35. The highest BCUT2D eigenvalue weighted by Crippen LogP contribution is 2.20. The van der Waals surface area contributed by atoms with Crippen LogP contribution in [0.25, 0.3) is 0 Å². The highest BCUT2D eigenvalue weighted by Gasteiger charge is 2.33. The van der Waals surface area contributed by atoms with E-state index >= 15 is 0 Å². The molecule has 0 aromatic heterocycles. The zero-order chi connectivity index (χ0) is 17.0. The fourth-order valence-electron chi connectivity index (χ4n) is 2.59. The number of halogens is 1. The summed E-state index contributed by atoms with van der Waals surface area (Å²) in [7, 11) is -2.14. The van der Waals surface area contributed by atoms with Gasteiger partial charge in [-0.3, -0.25) is 9.59 Å². The zero-order valence-electron chi connectivity index (χ0n) is 12.8. The summed E-state index contributed by atoms with van der Waals surface area (Å²) in [5.74, 6) is -1.87. The number of hydrogen-bond donors (Lipinski definition) is 1. The van der Waals surface area contributed by atoms with Crippen molar-refractivity contribution >= 4 is 21.7 Å². The van der Waals surface area contributed by atoms with Crippen LogP contribution in [0.1, 0.15) is 23.2 Å². The van der Waals surface area contributed by atoms with E-state index in [-0.39, 0.29) is 37.4 Å². The number of nitrogens with one attached hydrogen (secondary N) is 1. The molecule has 0 atom stereocenters. The molecule has 2 rings (SSSR count). The van der Waals surface area contributed by atoms with Crippen molar-refractivity contribution in [2.75, 3.05) is 25.9 Å². The molecule has 8 heteroatoms. The van der Waals surface area contributed by atoms with Crippen LogP contribution in [-0.4, -0.2) is 56.3 Å². The smallest absolute Gasteiger partial charge is 0.253 e. The van der Waals surface area contributed by atoms with Crippen LogP contribution in [0, 0.1) is 5.82 Å². The molecule has 1 fully saturated rings. The molecular weight excluding hydrogens is 323 g/mol. The Hall–Kier alpha value is -1.96. The van der Waals surface area contributed by atoms with Crippen molar-refractivity contribution in [3.63, 3.8) is 0 Å². The van der Waals surface area contributed by atoms with E-state index in [9.17, 15) is 22.4 Å². The molecular formula is C15H19FN2O4S. The third-order valence-electron chi connectivity index (χ3n) is 3.92. The third-order valence-corrected chi connectivity index (χ3v) is 6.07. The maximum Gasteiger partial charge on any atom is 0.253 e. The molecule has 0 aliphatic carbocycles. The average molecular weight is 342 g/mol. The molecule has 0 bridgehead atoms. The second-order valence-electron chi connectivity index (χ2n) is 5.48. The van der Waals surface area contributed by atoms with Gasteiger partial charge in [-0.05, 0) is 31.0 Å². The Morgan fingerprint density at radius 1 is 1.30 bits per heavy atom. The van der Waals surface area contributed by atoms with E-state index in [1.807, 2.05) is 0 Å². The van der Waals surface area contributed by atoms with E-state index in [2.05, 4.69) is 5.32 Å². The molecule has 6 nitrogen and oxygen atoms in total. The standard InChI is InChI=1S/C15H19FN2O4S/c1-17-14(19)10-23(21,22)13-5-7-18(8-6-13)15(20)11-3-2-4-12(16)9-11/h2-4,9,13H,5-8,10H2,1H3,(H,17,19). The lowest BCUT2D eigenvalue weighted by Gasteiger charge is -2.31. The number of piperidine rings is 1. The first kappa shape index (κ1) is 17.4. The van der Waals surface area contributed by atoms with Gasteiger partial charge in [-0.25, -0.2) is 12.8 Å². The normalized spacial score (nSPS) is 16.2. The van der Waals surface area contributed by atoms with E-state index in [1.165, 1.54) is 30.1 Å². The van der Waals surface area contributed by atoms with Gasteiger partial charge in [-0.1, -0.05) is 6.07 Å². The molecule has 126 valence electrons. The quantitative estimate of drug-likeness (QED) is 0.868. The molecule has 1 aliphatic rings. The van der Waals surface area contributed by atoms with Crippen molar-refractivity contribution in [3.8, 4) is 0 Å². The molecule has 1 saturated heterocycles. The monoisotopic (exact) mass is 342 g/mol. The summed E-state index contributed by atoms with van der Waals surface area (Å²) in [6.45, 7) is 0.542. The Balaban J connectivity index is 1.98. The number of benzene rings is 1. The van der Waals surface area contributed by atoms with Crippen molar-refractivity contribution in [1.82, 2.24) is 10.2 Å². The summed E-state index contributed by atoms with van der Waals surface area (Å²) < 4.78 is 37.4. The maximum absolute atomic E-state index is 13.2. The Morgan fingerprint density at radius 2 is 1.96 bits per heavy atom. The molecule has 1 aromatic carbocycles. The lowest BCUT2D eigenvalue weighted by atomic mass is 10.1. The van der Waals surface area contributed by atoms with Gasteiger partial charge in [0, 0.05) is 25.7 Å².